The highest BCUT2D eigenvalue weighted by Gasteiger charge is 2.55. The van der Waals surface area contributed by atoms with Crippen LogP contribution in [0.5, 0.6) is 5.75 Å². The van der Waals surface area contributed by atoms with Gasteiger partial charge in [-0.2, -0.15) is 0 Å². The third kappa shape index (κ3) is 10.3. The first-order chi connectivity index (χ1) is 27.7. The number of fused-ring (bicyclic) bond motifs is 1. The highest BCUT2D eigenvalue weighted by atomic mass is 35.5. The van der Waals surface area contributed by atoms with Gasteiger partial charge in [-0.25, -0.2) is 0 Å². The summed E-state index contributed by atoms with van der Waals surface area (Å²) in [5.74, 6) is -1.09. The number of H-pyrrole nitrogens is 1. The molecule has 0 radical (unpaired) electrons. The van der Waals surface area contributed by atoms with Gasteiger partial charge in [0, 0.05) is 65.2 Å². The molecule has 1 aliphatic carbocycles. The molecule has 1 amide bonds. The lowest BCUT2D eigenvalue weighted by molar-refractivity contribution is -0.145. The van der Waals surface area contributed by atoms with Crippen molar-refractivity contribution in [1.82, 2.24) is 9.88 Å². The van der Waals surface area contributed by atoms with Crippen LogP contribution in [0.25, 0.3) is 10.9 Å². The zero-order chi connectivity index (χ0) is 41.6. The van der Waals surface area contributed by atoms with E-state index >= 15 is 0 Å². The molecular weight excluding hydrogens is 750 g/mol. The number of hydrogen-bond acceptors (Lipinski definition) is 7. The molecule has 312 valence electrons. The number of aromatic amines is 1. The monoisotopic (exact) mass is 811 g/mol. The molecule has 6 rings (SSSR count). The van der Waals surface area contributed by atoms with Crippen molar-refractivity contribution in [2.24, 2.45) is 28.3 Å². The van der Waals surface area contributed by atoms with Crippen LogP contribution in [-0.2, 0) is 30.4 Å². The fourth-order valence-electron chi connectivity index (χ4n) is 9.48. The first-order valence-corrected chi connectivity index (χ1v) is 21.8. The fraction of sp³-hybridized carbons (Fsp3) is 0.562. The van der Waals surface area contributed by atoms with Crippen LogP contribution >= 0.6 is 11.6 Å². The molecule has 3 aromatic rings. The molecule has 2 aliphatic heterocycles. The number of ketones is 3. The number of methoxy groups -OCH3 is 1. The Kier molecular flexibility index (Phi) is 14.0. The number of Topliss-reactive ketones (excluding diaryl/α,β-unsaturated/α-hetero) is 3. The lowest BCUT2D eigenvalue weighted by Gasteiger charge is -2.36. The Bertz CT molecular complexity index is 2020. The van der Waals surface area contributed by atoms with Gasteiger partial charge in [-0.1, -0.05) is 107 Å². The van der Waals surface area contributed by atoms with Gasteiger partial charge in [-0.05, 0) is 79.3 Å². The van der Waals surface area contributed by atoms with Crippen molar-refractivity contribution in [2.75, 3.05) is 13.7 Å². The minimum absolute atomic E-state index is 0.0937. The summed E-state index contributed by atoms with van der Waals surface area (Å²) in [6, 6.07) is 12.4. The number of nitrogens with one attached hydrogen (secondary N) is 1. The van der Waals surface area contributed by atoms with Crippen molar-refractivity contribution in [1.29, 1.82) is 0 Å². The van der Waals surface area contributed by atoms with Crippen LogP contribution < -0.4 is 4.74 Å². The number of allylic oxidation sites excluding steroid dienone is 1. The van der Waals surface area contributed by atoms with E-state index in [1.165, 1.54) is 32.1 Å². The van der Waals surface area contributed by atoms with Gasteiger partial charge in [-0.3, -0.25) is 19.2 Å². The van der Waals surface area contributed by atoms with Crippen molar-refractivity contribution in [3.63, 3.8) is 0 Å². The molecule has 9 nitrogen and oxygen atoms in total. The SMILES string of the molecule is C=C(CC1CCCCC1)C[C@H](C(=O)N1C[C@@]2(CC(c3cccc(Cl)c3)=NO2)C[C@H]1C(=O)C[C@@H](CCC)C(=O)C(=O)CCCc1c[nH]c2ccc(OC)cc12)C(C)(C)C. The first kappa shape index (κ1) is 43.3. The Morgan fingerprint density at radius 1 is 1.09 bits per heavy atom. The molecule has 1 spiro atoms. The van der Waals surface area contributed by atoms with Gasteiger partial charge in [0.1, 0.15) is 5.75 Å². The van der Waals surface area contributed by atoms with Gasteiger partial charge in [-0.15, -0.1) is 0 Å². The van der Waals surface area contributed by atoms with Crippen LogP contribution in [0.15, 0.2) is 66.0 Å². The quantitative estimate of drug-likeness (QED) is 0.101. The number of aryl methyl sites for hydroxylation is 1. The van der Waals surface area contributed by atoms with Gasteiger partial charge in [0.15, 0.2) is 17.2 Å². The highest BCUT2D eigenvalue weighted by Crippen LogP contribution is 2.43. The summed E-state index contributed by atoms with van der Waals surface area (Å²) < 4.78 is 5.40. The topological polar surface area (TPSA) is 118 Å². The molecule has 3 heterocycles. The van der Waals surface area contributed by atoms with E-state index in [1.807, 2.05) is 49.5 Å². The Hall–Kier alpha value is -4.24. The molecular formula is C48H62ClN3O6. The molecule has 0 bridgehead atoms. The van der Waals surface area contributed by atoms with E-state index in [0.717, 1.165) is 39.8 Å². The highest BCUT2D eigenvalue weighted by molar-refractivity contribution is 6.38. The van der Waals surface area contributed by atoms with Gasteiger partial charge in [0.05, 0.1) is 25.4 Å². The van der Waals surface area contributed by atoms with E-state index in [-0.39, 0.29) is 37.5 Å². The van der Waals surface area contributed by atoms with E-state index in [1.54, 1.807) is 18.1 Å². The maximum Gasteiger partial charge on any atom is 0.227 e. The van der Waals surface area contributed by atoms with Gasteiger partial charge < -0.3 is 19.5 Å². The van der Waals surface area contributed by atoms with E-state index in [2.05, 4.69) is 37.5 Å². The molecule has 2 aromatic carbocycles. The number of halogens is 1. The molecule has 4 atom stereocenters. The Morgan fingerprint density at radius 3 is 2.57 bits per heavy atom. The Labute approximate surface area is 349 Å². The molecule has 2 fully saturated rings. The van der Waals surface area contributed by atoms with E-state index in [0.29, 0.717) is 55.2 Å². The number of oxime groups is 1. The van der Waals surface area contributed by atoms with Gasteiger partial charge >= 0.3 is 0 Å². The average Bonchev–Trinajstić information content (AvgIpc) is 3.92. The number of aromatic nitrogens is 1. The summed E-state index contributed by atoms with van der Waals surface area (Å²) in [5, 5.41) is 6.09. The van der Waals surface area contributed by atoms with E-state index < -0.39 is 40.5 Å². The van der Waals surface area contributed by atoms with Crippen molar-refractivity contribution in [3.8, 4) is 5.75 Å². The summed E-state index contributed by atoms with van der Waals surface area (Å²) in [6.07, 6.45) is 12.4. The smallest absolute Gasteiger partial charge is 0.227 e. The molecule has 3 aliphatic rings. The van der Waals surface area contributed by atoms with Crippen LogP contribution in [0.2, 0.25) is 5.02 Å². The predicted octanol–water partition coefficient (Wildman–Crippen LogP) is 10.4. The third-order valence-electron chi connectivity index (χ3n) is 12.7. The van der Waals surface area contributed by atoms with Gasteiger partial charge in [0.25, 0.3) is 0 Å². The Morgan fingerprint density at radius 2 is 1.86 bits per heavy atom. The summed E-state index contributed by atoms with van der Waals surface area (Å²) in [6.45, 7) is 12.9. The number of carbonyl (C=O) groups excluding carboxylic acids is 4. The normalized spacial score (nSPS) is 20.8. The molecule has 1 N–H and O–H groups in total. The summed E-state index contributed by atoms with van der Waals surface area (Å²) in [4.78, 5) is 68.1. The van der Waals surface area contributed by atoms with Crippen LogP contribution in [-0.4, -0.2) is 64.1 Å². The van der Waals surface area contributed by atoms with E-state index in [4.69, 9.17) is 21.2 Å². The number of hydrogen-bond donors (Lipinski definition) is 1. The van der Waals surface area contributed by atoms with Crippen LogP contribution in [0, 0.1) is 23.2 Å². The molecule has 0 unspecified atom stereocenters. The number of nitrogens with zero attached hydrogens (tertiary/aromatic N) is 2. The van der Waals surface area contributed by atoms with Crippen LogP contribution in [0.1, 0.15) is 129 Å². The van der Waals surface area contributed by atoms with Gasteiger partial charge in [0.2, 0.25) is 11.7 Å². The minimum Gasteiger partial charge on any atom is -0.497 e. The predicted molar refractivity (Wildman–Crippen MR) is 230 cm³/mol. The zero-order valence-electron chi connectivity index (χ0n) is 35.2. The summed E-state index contributed by atoms with van der Waals surface area (Å²) in [5.41, 5.74) is 3.36. The maximum atomic E-state index is 14.9. The lowest BCUT2D eigenvalue weighted by Crippen LogP contribution is -2.48. The second-order valence-electron chi connectivity index (χ2n) is 18.3. The number of rotatable bonds is 18. The standard InChI is InChI=1S/C48H62ClN3O6/c1-7-13-34(45(55)43(53)19-12-17-35-29-50-40-21-20-37(57-6)26-38(35)40)25-44(54)42-28-48(27-41(51-58-48)33-16-11-18-36(49)24-33)30-52(42)46(56)39(47(3,4)5)23-31(2)22-32-14-9-8-10-15-32/h11,16,18,20-21,24,26,29,32,34,39,42,50H,2,7-10,12-15,17,19,22-23,25,27-28,30H2,1,3-6H3/t34-,39-,42+,48-/m1/s1. The average molecular weight is 812 g/mol. The summed E-state index contributed by atoms with van der Waals surface area (Å²) in [7, 11) is 1.63. The number of carbonyl (C=O) groups is 4. The summed E-state index contributed by atoms with van der Waals surface area (Å²) >= 11 is 6.33. The number of likely N-dealkylation sites (tertiary alicyclic amines) is 1. The van der Waals surface area contributed by atoms with Crippen LogP contribution in [0.4, 0.5) is 0 Å². The lowest BCUT2D eigenvalue weighted by atomic mass is 9.74. The van der Waals surface area contributed by atoms with Crippen molar-refractivity contribution < 1.29 is 28.8 Å². The first-order valence-electron chi connectivity index (χ1n) is 21.4. The van der Waals surface area contributed by atoms with Crippen molar-refractivity contribution in [2.45, 2.75) is 136 Å². The molecule has 58 heavy (non-hydrogen) atoms. The van der Waals surface area contributed by atoms with Crippen LogP contribution in [0.3, 0.4) is 0 Å². The number of benzene rings is 2. The molecule has 1 saturated carbocycles. The molecule has 10 heteroatoms. The van der Waals surface area contributed by atoms with Crippen molar-refractivity contribution >= 4 is 51.5 Å². The molecule has 1 saturated heterocycles. The second-order valence-corrected chi connectivity index (χ2v) is 18.7. The minimum atomic E-state index is -0.901. The Balaban J connectivity index is 1.18. The fourth-order valence-corrected chi connectivity index (χ4v) is 9.67. The number of amides is 1. The largest absolute Gasteiger partial charge is 0.497 e. The molecule has 1 aromatic heterocycles. The van der Waals surface area contributed by atoms with E-state index in [9.17, 15) is 19.2 Å². The number of ether oxygens (including phenoxy) is 1. The third-order valence-corrected chi connectivity index (χ3v) is 13.0. The zero-order valence-corrected chi connectivity index (χ0v) is 35.9. The van der Waals surface area contributed by atoms with Crippen molar-refractivity contribution in [3.05, 3.63) is 77.0 Å². The maximum absolute atomic E-state index is 14.9. The second kappa shape index (κ2) is 18.8.